The van der Waals surface area contributed by atoms with E-state index in [4.69, 9.17) is 9.47 Å². The van der Waals surface area contributed by atoms with Gasteiger partial charge in [0.15, 0.2) is 29.0 Å². The van der Waals surface area contributed by atoms with Gasteiger partial charge >= 0.3 is 0 Å². The van der Waals surface area contributed by atoms with Gasteiger partial charge in [-0.05, 0) is 18.2 Å². The van der Waals surface area contributed by atoms with Crippen molar-refractivity contribution in [3.05, 3.63) is 66.0 Å². The lowest BCUT2D eigenvalue weighted by Crippen LogP contribution is -2.15. The monoisotopic (exact) mass is 553 g/mol. The smallest absolute Gasteiger partial charge is 0.247 e. The number of hydrogen-bond donors (Lipinski definition) is 4. The zero-order valence-corrected chi connectivity index (χ0v) is 21.7. The number of nitrogens with one attached hydrogen (secondary N) is 3. The summed E-state index contributed by atoms with van der Waals surface area (Å²) in [6.45, 7) is 3.18. The van der Waals surface area contributed by atoms with Gasteiger partial charge in [0.25, 0.3) is 0 Å². The highest BCUT2D eigenvalue weighted by atomic mass is 19.1. The van der Waals surface area contributed by atoms with Crippen molar-refractivity contribution in [2.45, 2.75) is 0 Å². The molecule has 0 spiro atoms. The van der Waals surface area contributed by atoms with Gasteiger partial charge in [-0.15, -0.1) is 0 Å². The predicted octanol–water partition coefficient (Wildman–Crippen LogP) is 3.16. The van der Waals surface area contributed by atoms with E-state index in [2.05, 4.69) is 37.6 Å². The van der Waals surface area contributed by atoms with Crippen LogP contribution in [-0.4, -0.2) is 63.9 Å². The summed E-state index contributed by atoms with van der Waals surface area (Å²) in [4.78, 5) is 34.0. The SMILES string of the molecule is C=CC(=O)Nc1cn(C)nc1Nc1ncc2cc(C(=O)c3c(F)c(OC)cc(OC)c3F)c(NCCO)cc2n1. The largest absolute Gasteiger partial charge is 0.494 e. The molecular formula is C26H25F2N7O5. The number of rotatable bonds is 11. The highest BCUT2D eigenvalue weighted by Crippen LogP contribution is 2.35. The number of aliphatic hydroxyl groups excluding tert-OH is 1. The summed E-state index contributed by atoms with van der Waals surface area (Å²) in [7, 11) is 4.02. The van der Waals surface area contributed by atoms with Gasteiger partial charge in [0.2, 0.25) is 17.6 Å². The van der Waals surface area contributed by atoms with Gasteiger partial charge in [-0.1, -0.05) is 6.58 Å². The topological polar surface area (TPSA) is 153 Å². The molecule has 40 heavy (non-hydrogen) atoms. The second-order valence-electron chi connectivity index (χ2n) is 8.30. The van der Waals surface area contributed by atoms with E-state index in [1.165, 1.54) is 37.2 Å². The number of amides is 1. The highest BCUT2D eigenvalue weighted by Gasteiger charge is 2.28. The van der Waals surface area contributed by atoms with E-state index < -0.39 is 28.9 Å². The van der Waals surface area contributed by atoms with Crippen molar-refractivity contribution in [2.75, 3.05) is 43.3 Å². The molecule has 2 aromatic heterocycles. The molecule has 0 aliphatic heterocycles. The Hall–Kier alpha value is -5.11. The minimum atomic E-state index is -1.19. The van der Waals surface area contributed by atoms with Crippen molar-refractivity contribution in [1.29, 1.82) is 0 Å². The van der Waals surface area contributed by atoms with Crippen LogP contribution in [0.15, 0.2) is 43.2 Å². The molecule has 0 aliphatic rings. The molecule has 0 bridgehead atoms. The Balaban J connectivity index is 1.78. The third kappa shape index (κ3) is 5.51. The third-order valence-electron chi connectivity index (χ3n) is 5.69. The molecule has 0 saturated carbocycles. The molecule has 14 heteroatoms. The van der Waals surface area contributed by atoms with E-state index in [-0.39, 0.29) is 47.7 Å². The number of hydrogen-bond acceptors (Lipinski definition) is 10. The van der Waals surface area contributed by atoms with E-state index in [9.17, 15) is 14.7 Å². The lowest BCUT2D eigenvalue weighted by atomic mass is 9.98. The van der Waals surface area contributed by atoms with Crippen LogP contribution in [-0.2, 0) is 11.8 Å². The third-order valence-corrected chi connectivity index (χ3v) is 5.69. The van der Waals surface area contributed by atoms with Gasteiger partial charge in [0.1, 0.15) is 11.3 Å². The number of carbonyl (C=O) groups excluding carboxylic acids is 2. The standard InChI is InChI=1S/C26H25F2N7O5/c1-5-20(37)31-17-12-35(2)34-25(17)33-26-30-11-13-8-14(16(29-6-7-36)9-15(13)32-26)24(38)21-22(27)18(39-3)10-19(40-4)23(21)28/h5,8-12,29,36H,1,6-7H2,2-4H3,(H,31,37)(H,30,32,33,34). The van der Waals surface area contributed by atoms with Gasteiger partial charge in [-0.25, -0.2) is 18.7 Å². The lowest BCUT2D eigenvalue weighted by Gasteiger charge is -2.15. The van der Waals surface area contributed by atoms with Crippen LogP contribution < -0.4 is 25.4 Å². The van der Waals surface area contributed by atoms with Crippen LogP contribution in [0, 0.1) is 11.6 Å². The first kappa shape index (κ1) is 27.9. The minimum Gasteiger partial charge on any atom is -0.494 e. The Morgan fingerprint density at radius 2 is 1.82 bits per heavy atom. The Bertz CT molecular complexity index is 1600. The zero-order chi connectivity index (χ0) is 29.0. The average molecular weight is 554 g/mol. The van der Waals surface area contributed by atoms with Gasteiger partial charge < -0.3 is 30.5 Å². The molecule has 2 heterocycles. The van der Waals surface area contributed by atoms with E-state index >= 15 is 8.78 Å². The first-order chi connectivity index (χ1) is 19.2. The first-order valence-corrected chi connectivity index (χ1v) is 11.7. The number of aromatic nitrogens is 4. The summed E-state index contributed by atoms with van der Waals surface area (Å²) >= 11 is 0. The fraction of sp³-hybridized carbons (Fsp3) is 0.192. The molecule has 4 N–H and O–H groups in total. The van der Waals surface area contributed by atoms with E-state index in [1.54, 1.807) is 13.2 Å². The van der Waals surface area contributed by atoms with Crippen LogP contribution in [0.2, 0.25) is 0 Å². The maximum Gasteiger partial charge on any atom is 0.247 e. The molecule has 12 nitrogen and oxygen atoms in total. The van der Waals surface area contributed by atoms with Crippen molar-refractivity contribution in [2.24, 2.45) is 7.05 Å². The number of fused-ring (bicyclic) bond motifs is 1. The summed E-state index contributed by atoms with van der Waals surface area (Å²) in [5.74, 6) is -4.17. The van der Waals surface area contributed by atoms with Gasteiger partial charge in [0, 0.05) is 42.5 Å². The van der Waals surface area contributed by atoms with Gasteiger partial charge in [0.05, 0.1) is 32.5 Å². The summed E-state index contributed by atoms with van der Waals surface area (Å²) < 4.78 is 41.6. The average Bonchev–Trinajstić information content (AvgIpc) is 3.28. The summed E-state index contributed by atoms with van der Waals surface area (Å²) in [5, 5.41) is 22.4. The van der Waals surface area contributed by atoms with Crippen LogP contribution in [0.1, 0.15) is 15.9 Å². The normalized spacial score (nSPS) is 10.8. The summed E-state index contributed by atoms with van der Waals surface area (Å²) in [5.41, 5.74) is -0.0940. The van der Waals surface area contributed by atoms with Gasteiger partial charge in [-0.3, -0.25) is 14.3 Å². The minimum absolute atomic E-state index is 0.0364. The second-order valence-corrected chi connectivity index (χ2v) is 8.30. The highest BCUT2D eigenvalue weighted by molar-refractivity contribution is 6.15. The molecule has 2 aromatic carbocycles. The number of benzene rings is 2. The second kappa shape index (κ2) is 11.7. The van der Waals surface area contributed by atoms with E-state index in [1.807, 2.05) is 0 Å². The number of anilines is 4. The van der Waals surface area contributed by atoms with Crippen molar-refractivity contribution >= 4 is 45.7 Å². The summed E-state index contributed by atoms with van der Waals surface area (Å²) in [6.07, 6.45) is 4.09. The number of nitrogens with zero attached hydrogens (tertiary/aromatic N) is 4. The number of carbonyl (C=O) groups is 2. The Kier molecular flexibility index (Phi) is 8.19. The Morgan fingerprint density at radius 1 is 1.12 bits per heavy atom. The molecule has 0 aliphatic carbocycles. The van der Waals surface area contributed by atoms with Crippen molar-refractivity contribution in [3.8, 4) is 11.5 Å². The van der Waals surface area contributed by atoms with Crippen LogP contribution in [0.25, 0.3) is 10.9 Å². The Morgan fingerprint density at radius 3 is 2.45 bits per heavy atom. The number of aliphatic hydroxyl groups is 1. The number of ketones is 1. The number of aryl methyl sites for hydroxylation is 1. The van der Waals surface area contributed by atoms with Crippen LogP contribution in [0.5, 0.6) is 11.5 Å². The van der Waals surface area contributed by atoms with E-state index in [0.717, 1.165) is 12.1 Å². The molecule has 0 unspecified atom stereocenters. The molecular weight excluding hydrogens is 528 g/mol. The number of ether oxygens (including phenoxy) is 2. The molecule has 0 radical (unpaired) electrons. The summed E-state index contributed by atoms with van der Waals surface area (Å²) in [6, 6.07) is 3.87. The van der Waals surface area contributed by atoms with Gasteiger partial charge in [-0.2, -0.15) is 5.10 Å². The molecule has 208 valence electrons. The van der Waals surface area contributed by atoms with E-state index in [0.29, 0.717) is 16.6 Å². The van der Waals surface area contributed by atoms with Crippen molar-refractivity contribution < 1.29 is 33.0 Å². The van der Waals surface area contributed by atoms with Crippen LogP contribution in [0.4, 0.5) is 31.9 Å². The fourth-order valence-corrected chi connectivity index (χ4v) is 3.85. The molecule has 0 fully saturated rings. The zero-order valence-electron chi connectivity index (χ0n) is 21.7. The fourth-order valence-electron chi connectivity index (χ4n) is 3.85. The Labute approximate surface area is 226 Å². The number of halogens is 2. The molecule has 0 saturated heterocycles. The molecule has 1 amide bonds. The van der Waals surface area contributed by atoms with Crippen LogP contribution in [0.3, 0.4) is 0 Å². The molecule has 4 aromatic rings. The van der Waals surface area contributed by atoms with Crippen molar-refractivity contribution in [1.82, 2.24) is 19.7 Å². The van der Waals surface area contributed by atoms with Crippen molar-refractivity contribution in [3.63, 3.8) is 0 Å². The quantitative estimate of drug-likeness (QED) is 0.161. The molecule has 0 atom stereocenters. The predicted molar refractivity (Wildman–Crippen MR) is 143 cm³/mol. The lowest BCUT2D eigenvalue weighted by molar-refractivity contribution is -0.111. The maximum absolute atomic E-state index is 15.1. The first-order valence-electron chi connectivity index (χ1n) is 11.7. The maximum atomic E-state index is 15.1. The molecule has 4 rings (SSSR count). The van der Waals surface area contributed by atoms with Crippen LogP contribution >= 0.6 is 0 Å². The number of methoxy groups -OCH3 is 2.